The Morgan fingerprint density at radius 1 is 1.03 bits per heavy atom. The molecule has 0 atom stereocenters. The zero-order valence-corrected chi connectivity index (χ0v) is 18.6. The minimum atomic E-state index is -3.95. The molecule has 0 unspecified atom stereocenters. The van der Waals surface area contributed by atoms with Gasteiger partial charge in [-0.05, 0) is 42.8 Å². The Kier molecular flexibility index (Phi) is 7.02. The van der Waals surface area contributed by atoms with Crippen molar-refractivity contribution in [2.45, 2.75) is 11.8 Å². The summed E-state index contributed by atoms with van der Waals surface area (Å²) >= 11 is 3.35. The minimum absolute atomic E-state index is 0.0982. The molecule has 3 aromatic carbocycles. The number of hydrazone groups is 1. The van der Waals surface area contributed by atoms with Gasteiger partial charge in [0.1, 0.15) is 6.54 Å². The summed E-state index contributed by atoms with van der Waals surface area (Å²) in [5, 5.41) is 3.95. The number of hydrogen-bond donors (Lipinski definition) is 1. The van der Waals surface area contributed by atoms with Crippen LogP contribution in [-0.4, -0.2) is 27.1 Å². The fraction of sp³-hybridized carbons (Fsp3) is 0.0909. The van der Waals surface area contributed by atoms with Gasteiger partial charge in [0, 0.05) is 4.47 Å². The van der Waals surface area contributed by atoms with Crippen molar-refractivity contribution in [3.63, 3.8) is 0 Å². The van der Waals surface area contributed by atoms with Crippen molar-refractivity contribution in [3.05, 3.63) is 94.5 Å². The number of nitrogens with zero attached hydrogens (tertiary/aromatic N) is 2. The van der Waals surface area contributed by atoms with Gasteiger partial charge in [0.15, 0.2) is 0 Å². The molecule has 0 aliphatic rings. The SMILES string of the molecule is Cc1cccc(/C=N\NC(=O)CN(c2cccc(Br)c2)S(=O)(=O)c2ccccc2)c1. The van der Waals surface area contributed by atoms with E-state index in [1.54, 1.807) is 42.5 Å². The number of nitrogens with one attached hydrogen (secondary N) is 1. The standard InChI is InChI=1S/C22H20BrN3O3S/c1-17-7-5-8-18(13-17)15-24-25-22(27)16-26(20-10-6-9-19(23)14-20)30(28,29)21-11-3-2-4-12-21/h2-15H,16H2,1H3,(H,25,27)/b24-15-. The van der Waals surface area contributed by atoms with Crippen LogP contribution in [0.25, 0.3) is 0 Å². The normalized spacial score (nSPS) is 11.4. The summed E-state index contributed by atoms with van der Waals surface area (Å²) in [7, 11) is -3.95. The first-order chi connectivity index (χ1) is 14.4. The van der Waals surface area contributed by atoms with E-state index in [9.17, 15) is 13.2 Å². The van der Waals surface area contributed by atoms with E-state index in [-0.39, 0.29) is 4.90 Å². The van der Waals surface area contributed by atoms with Gasteiger partial charge in [-0.3, -0.25) is 9.10 Å². The topological polar surface area (TPSA) is 78.8 Å². The Balaban J connectivity index is 1.83. The fourth-order valence-corrected chi connectivity index (χ4v) is 4.58. The third kappa shape index (κ3) is 5.55. The predicted octanol–water partition coefficient (Wildman–Crippen LogP) is 4.10. The zero-order valence-electron chi connectivity index (χ0n) is 16.2. The first-order valence-corrected chi connectivity index (χ1v) is 11.3. The molecule has 3 rings (SSSR count). The maximum atomic E-state index is 13.2. The molecule has 0 heterocycles. The van der Waals surface area contributed by atoms with E-state index in [1.165, 1.54) is 18.3 Å². The molecule has 30 heavy (non-hydrogen) atoms. The highest BCUT2D eigenvalue weighted by Gasteiger charge is 2.27. The van der Waals surface area contributed by atoms with Gasteiger partial charge in [-0.25, -0.2) is 13.8 Å². The van der Waals surface area contributed by atoms with Crippen LogP contribution in [0, 0.1) is 6.92 Å². The Labute approximate surface area is 184 Å². The van der Waals surface area contributed by atoms with E-state index in [0.29, 0.717) is 10.2 Å². The Hall–Kier alpha value is -2.97. The van der Waals surface area contributed by atoms with Crippen LogP contribution < -0.4 is 9.73 Å². The van der Waals surface area contributed by atoms with Gasteiger partial charge in [0.25, 0.3) is 15.9 Å². The van der Waals surface area contributed by atoms with Gasteiger partial charge in [0.2, 0.25) is 0 Å². The van der Waals surface area contributed by atoms with Gasteiger partial charge >= 0.3 is 0 Å². The van der Waals surface area contributed by atoms with Crippen molar-refractivity contribution in [1.29, 1.82) is 0 Å². The van der Waals surface area contributed by atoms with E-state index in [0.717, 1.165) is 15.4 Å². The summed E-state index contributed by atoms with van der Waals surface area (Å²) in [6.45, 7) is 1.54. The van der Waals surface area contributed by atoms with Crippen LogP contribution in [0.3, 0.4) is 0 Å². The molecule has 3 aromatic rings. The van der Waals surface area contributed by atoms with Gasteiger partial charge in [-0.1, -0.05) is 70.0 Å². The van der Waals surface area contributed by atoms with E-state index < -0.39 is 22.5 Å². The van der Waals surface area contributed by atoms with Gasteiger partial charge in [0.05, 0.1) is 16.8 Å². The highest BCUT2D eigenvalue weighted by molar-refractivity contribution is 9.10. The number of aryl methyl sites for hydroxylation is 1. The quantitative estimate of drug-likeness (QED) is 0.404. The molecule has 6 nitrogen and oxygen atoms in total. The summed E-state index contributed by atoms with van der Waals surface area (Å²) in [6, 6.07) is 22.4. The number of carbonyl (C=O) groups is 1. The average Bonchev–Trinajstić information content (AvgIpc) is 2.72. The maximum Gasteiger partial charge on any atom is 0.264 e. The van der Waals surface area contributed by atoms with Crippen LogP contribution >= 0.6 is 15.9 Å². The fourth-order valence-electron chi connectivity index (χ4n) is 2.76. The number of halogens is 1. The summed E-state index contributed by atoms with van der Waals surface area (Å²) in [6.07, 6.45) is 1.51. The minimum Gasteiger partial charge on any atom is -0.271 e. The van der Waals surface area contributed by atoms with Crippen molar-refractivity contribution < 1.29 is 13.2 Å². The average molecular weight is 486 g/mol. The lowest BCUT2D eigenvalue weighted by molar-refractivity contribution is -0.119. The van der Waals surface area contributed by atoms with Crippen molar-refractivity contribution in [1.82, 2.24) is 5.43 Å². The molecule has 0 saturated heterocycles. The molecule has 0 bridgehead atoms. The molecule has 0 aliphatic heterocycles. The third-order valence-corrected chi connectivity index (χ3v) is 6.44. The number of anilines is 1. The number of hydrogen-bond acceptors (Lipinski definition) is 4. The second kappa shape index (κ2) is 9.69. The second-order valence-electron chi connectivity index (χ2n) is 6.51. The molecule has 0 radical (unpaired) electrons. The largest absolute Gasteiger partial charge is 0.271 e. The molecular weight excluding hydrogens is 466 g/mol. The molecule has 8 heteroatoms. The number of sulfonamides is 1. The van der Waals surface area contributed by atoms with Gasteiger partial charge in [-0.2, -0.15) is 5.10 Å². The molecule has 0 saturated carbocycles. The predicted molar refractivity (Wildman–Crippen MR) is 122 cm³/mol. The maximum absolute atomic E-state index is 13.2. The number of carbonyl (C=O) groups excluding carboxylic acids is 1. The van der Waals surface area contributed by atoms with Crippen LogP contribution in [-0.2, 0) is 14.8 Å². The number of amides is 1. The molecule has 0 aromatic heterocycles. The Morgan fingerprint density at radius 3 is 2.47 bits per heavy atom. The van der Waals surface area contributed by atoms with Crippen LogP contribution in [0.2, 0.25) is 0 Å². The first-order valence-electron chi connectivity index (χ1n) is 9.08. The summed E-state index contributed by atoms with van der Waals surface area (Å²) < 4.78 is 28.2. The highest BCUT2D eigenvalue weighted by Crippen LogP contribution is 2.26. The molecular formula is C22H20BrN3O3S. The smallest absolute Gasteiger partial charge is 0.264 e. The van der Waals surface area contributed by atoms with Crippen LogP contribution in [0.5, 0.6) is 0 Å². The zero-order chi connectivity index (χ0) is 21.6. The van der Waals surface area contributed by atoms with E-state index >= 15 is 0 Å². The monoisotopic (exact) mass is 485 g/mol. The molecule has 1 amide bonds. The lowest BCUT2D eigenvalue weighted by atomic mass is 10.2. The third-order valence-electron chi connectivity index (χ3n) is 4.16. The van der Waals surface area contributed by atoms with Crippen LogP contribution in [0.4, 0.5) is 5.69 Å². The Bertz CT molecular complexity index is 1170. The van der Waals surface area contributed by atoms with Crippen molar-refractivity contribution >= 4 is 43.8 Å². The molecule has 1 N–H and O–H groups in total. The van der Waals surface area contributed by atoms with Crippen molar-refractivity contribution in [2.75, 3.05) is 10.8 Å². The summed E-state index contributed by atoms with van der Waals surface area (Å²) in [5.74, 6) is -0.557. The van der Waals surface area contributed by atoms with E-state index in [2.05, 4.69) is 26.5 Å². The molecule has 0 spiro atoms. The lowest BCUT2D eigenvalue weighted by Crippen LogP contribution is -2.39. The van der Waals surface area contributed by atoms with Crippen LogP contribution in [0.15, 0.2) is 93.3 Å². The molecule has 0 aliphatic carbocycles. The molecule has 0 fully saturated rings. The van der Waals surface area contributed by atoms with Crippen molar-refractivity contribution in [3.8, 4) is 0 Å². The van der Waals surface area contributed by atoms with E-state index in [4.69, 9.17) is 0 Å². The Morgan fingerprint density at radius 2 is 1.77 bits per heavy atom. The first kappa shape index (κ1) is 21.7. The summed E-state index contributed by atoms with van der Waals surface area (Å²) in [5.41, 5.74) is 4.67. The number of rotatable bonds is 7. The highest BCUT2D eigenvalue weighted by atomic mass is 79.9. The second-order valence-corrected chi connectivity index (χ2v) is 9.29. The van der Waals surface area contributed by atoms with Crippen molar-refractivity contribution in [2.24, 2.45) is 5.10 Å². The number of benzene rings is 3. The lowest BCUT2D eigenvalue weighted by Gasteiger charge is -2.23. The van der Waals surface area contributed by atoms with E-state index in [1.807, 2.05) is 31.2 Å². The van der Waals surface area contributed by atoms with Gasteiger partial charge < -0.3 is 0 Å². The van der Waals surface area contributed by atoms with Gasteiger partial charge in [-0.15, -0.1) is 0 Å². The summed E-state index contributed by atoms with van der Waals surface area (Å²) in [4.78, 5) is 12.6. The van der Waals surface area contributed by atoms with Crippen LogP contribution in [0.1, 0.15) is 11.1 Å². The molecule has 154 valence electrons.